The number of rotatable bonds is 9. The molecule has 1 aromatic heterocycles. The van der Waals surface area contributed by atoms with E-state index in [-0.39, 0.29) is 12.0 Å². The molecule has 202 valence electrons. The van der Waals surface area contributed by atoms with E-state index in [9.17, 15) is 4.79 Å². The lowest BCUT2D eigenvalue weighted by Crippen LogP contribution is -2.46. The predicted octanol–water partition coefficient (Wildman–Crippen LogP) is 7.34. The summed E-state index contributed by atoms with van der Waals surface area (Å²) in [5.74, 6) is 0.828. The summed E-state index contributed by atoms with van der Waals surface area (Å²) in [7, 11) is 0. The van der Waals surface area contributed by atoms with Crippen LogP contribution in [0.25, 0.3) is 10.9 Å². The van der Waals surface area contributed by atoms with Crippen molar-refractivity contribution in [3.05, 3.63) is 100 Å². The first-order valence-corrected chi connectivity index (χ1v) is 14.6. The Morgan fingerprint density at radius 2 is 1.62 bits per heavy atom. The van der Waals surface area contributed by atoms with Crippen LogP contribution in [-0.2, 0) is 13.1 Å². The van der Waals surface area contributed by atoms with Gasteiger partial charge in [-0.15, -0.1) is 0 Å². The molecular formula is C32H33Cl2N3O2. The van der Waals surface area contributed by atoms with Crippen molar-refractivity contribution >= 4 is 40.0 Å². The van der Waals surface area contributed by atoms with Gasteiger partial charge in [0.15, 0.2) is 0 Å². The third-order valence-corrected chi connectivity index (χ3v) is 8.82. The molecule has 2 bridgehead atoms. The summed E-state index contributed by atoms with van der Waals surface area (Å²) < 4.78 is 8.54. The second-order valence-electron chi connectivity index (χ2n) is 10.7. The maximum atomic E-state index is 13.2. The molecule has 4 aromatic rings. The number of aromatic nitrogens is 1. The summed E-state index contributed by atoms with van der Waals surface area (Å²) in [5, 5.41) is 5.43. The summed E-state index contributed by atoms with van der Waals surface area (Å²) in [4.78, 5) is 15.9. The van der Waals surface area contributed by atoms with Crippen LogP contribution in [0.3, 0.4) is 0 Å². The number of nitrogens with one attached hydrogen (secondary N) is 1. The van der Waals surface area contributed by atoms with E-state index in [1.54, 1.807) is 0 Å². The van der Waals surface area contributed by atoms with Gasteiger partial charge in [0.2, 0.25) is 0 Å². The normalized spacial score (nSPS) is 20.8. The van der Waals surface area contributed by atoms with Gasteiger partial charge in [-0.1, -0.05) is 59.6 Å². The molecule has 1 N–H and O–H groups in total. The Bertz CT molecular complexity index is 1440. The molecule has 2 atom stereocenters. The van der Waals surface area contributed by atoms with Crippen LogP contribution in [0.2, 0.25) is 10.0 Å². The van der Waals surface area contributed by atoms with Gasteiger partial charge >= 0.3 is 0 Å². The Morgan fingerprint density at radius 1 is 0.897 bits per heavy atom. The minimum absolute atomic E-state index is 0.0781. The number of carbonyl (C=O) groups excluding carboxylic acids is 1. The molecule has 2 fully saturated rings. The van der Waals surface area contributed by atoms with E-state index in [1.165, 1.54) is 12.8 Å². The molecule has 0 saturated carbocycles. The molecule has 6 rings (SSSR count). The van der Waals surface area contributed by atoms with E-state index in [4.69, 9.17) is 27.9 Å². The second-order valence-corrected chi connectivity index (χ2v) is 11.5. The van der Waals surface area contributed by atoms with Crippen molar-refractivity contribution in [1.82, 2.24) is 14.8 Å². The number of hydrogen-bond acceptors (Lipinski definition) is 3. The summed E-state index contributed by atoms with van der Waals surface area (Å²) in [6, 6.07) is 24.6. The highest BCUT2D eigenvalue weighted by Crippen LogP contribution is 2.37. The first-order valence-electron chi connectivity index (χ1n) is 13.8. The maximum absolute atomic E-state index is 13.2. The second kappa shape index (κ2) is 11.6. The quantitative estimate of drug-likeness (QED) is 0.232. The Morgan fingerprint density at radius 3 is 2.38 bits per heavy atom. The number of piperidine rings is 1. The molecule has 2 aliphatic heterocycles. The SMILES string of the molecule is O=C(NCc1ccccc1Cl)c1cn(CCCN2C3CCC2CC(Oc2ccc(Cl)cc2)C3)c2ccccc12. The molecule has 5 nitrogen and oxygen atoms in total. The van der Waals surface area contributed by atoms with Crippen LogP contribution in [0.1, 0.15) is 48.0 Å². The molecule has 7 heteroatoms. The number of ether oxygens (including phenoxy) is 1. The summed E-state index contributed by atoms with van der Waals surface area (Å²) in [5.41, 5.74) is 2.71. The molecule has 39 heavy (non-hydrogen) atoms. The molecule has 3 aromatic carbocycles. The zero-order chi connectivity index (χ0) is 26.8. The van der Waals surface area contributed by atoms with Crippen molar-refractivity contribution in [3.63, 3.8) is 0 Å². The fourth-order valence-corrected chi connectivity index (χ4v) is 6.67. The van der Waals surface area contributed by atoms with Crippen LogP contribution >= 0.6 is 23.2 Å². The Hall–Kier alpha value is -2.99. The number of carbonyl (C=O) groups is 1. The fourth-order valence-electron chi connectivity index (χ4n) is 6.34. The Kier molecular flexibility index (Phi) is 7.83. The third kappa shape index (κ3) is 5.81. The predicted molar refractivity (Wildman–Crippen MR) is 158 cm³/mol. The number of nitrogens with zero attached hydrogens (tertiary/aromatic N) is 2. The van der Waals surface area contributed by atoms with Crippen molar-refractivity contribution in [1.29, 1.82) is 0 Å². The van der Waals surface area contributed by atoms with E-state index in [1.807, 2.05) is 72.9 Å². The molecule has 0 radical (unpaired) electrons. The number of halogens is 2. The molecule has 0 spiro atoms. The highest BCUT2D eigenvalue weighted by molar-refractivity contribution is 6.31. The van der Waals surface area contributed by atoms with Crippen molar-refractivity contribution in [3.8, 4) is 5.75 Å². The van der Waals surface area contributed by atoms with E-state index < -0.39 is 0 Å². The fraction of sp³-hybridized carbons (Fsp3) is 0.344. The van der Waals surface area contributed by atoms with Gasteiger partial charge in [0.25, 0.3) is 5.91 Å². The van der Waals surface area contributed by atoms with Crippen LogP contribution < -0.4 is 10.1 Å². The molecule has 3 heterocycles. The first kappa shape index (κ1) is 26.2. The van der Waals surface area contributed by atoms with E-state index >= 15 is 0 Å². The molecule has 1 amide bonds. The molecule has 2 aliphatic rings. The van der Waals surface area contributed by atoms with E-state index in [0.29, 0.717) is 29.2 Å². The Balaban J connectivity index is 1.07. The highest BCUT2D eigenvalue weighted by atomic mass is 35.5. The summed E-state index contributed by atoms with van der Waals surface area (Å²) in [6.45, 7) is 2.33. The minimum atomic E-state index is -0.0781. The van der Waals surface area contributed by atoms with Crippen LogP contribution in [0.5, 0.6) is 5.75 Å². The van der Waals surface area contributed by atoms with Gasteiger partial charge in [-0.2, -0.15) is 0 Å². The molecule has 0 aliphatic carbocycles. The summed E-state index contributed by atoms with van der Waals surface area (Å²) >= 11 is 12.3. The number of para-hydroxylation sites is 1. The topological polar surface area (TPSA) is 46.5 Å². The average molecular weight is 563 g/mol. The van der Waals surface area contributed by atoms with Gasteiger partial charge in [0.05, 0.1) is 5.56 Å². The number of hydrogen-bond donors (Lipinski definition) is 1. The van der Waals surface area contributed by atoms with Crippen molar-refractivity contribution in [2.45, 2.75) is 63.4 Å². The maximum Gasteiger partial charge on any atom is 0.253 e. The van der Waals surface area contributed by atoms with Gasteiger partial charge in [-0.25, -0.2) is 0 Å². The number of benzene rings is 3. The smallest absolute Gasteiger partial charge is 0.253 e. The molecule has 2 saturated heterocycles. The van der Waals surface area contributed by atoms with Crippen molar-refractivity contribution < 1.29 is 9.53 Å². The number of aryl methyl sites for hydroxylation is 1. The average Bonchev–Trinajstić information content (AvgIpc) is 3.43. The largest absolute Gasteiger partial charge is 0.490 e. The zero-order valence-electron chi connectivity index (χ0n) is 21.9. The van der Waals surface area contributed by atoms with Gasteiger partial charge < -0.3 is 14.6 Å². The molecule has 2 unspecified atom stereocenters. The Labute approximate surface area is 239 Å². The van der Waals surface area contributed by atoms with E-state index in [0.717, 1.165) is 59.6 Å². The van der Waals surface area contributed by atoms with Crippen LogP contribution in [0.4, 0.5) is 0 Å². The lowest BCUT2D eigenvalue weighted by Gasteiger charge is -2.39. The highest BCUT2D eigenvalue weighted by Gasteiger charge is 2.41. The van der Waals surface area contributed by atoms with Crippen LogP contribution in [0.15, 0.2) is 79.0 Å². The van der Waals surface area contributed by atoms with E-state index in [2.05, 4.69) is 20.9 Å². The zero-order valence-corrected chi connectivity index (χ0v) is 23.4. The third-order valence-electron chi connectivity index (χ3n) is 8.20. The monoisotopic (exact) mass is 561 g/mol. The lowest BCUT2D eigenvalue weighted by molar-refractivity contribution is 0.0482. The van der Waals surface area contributed by atoms with Gasteiger partial charge in [0.1, 0.15) is 11.9 Å². The minimum Gasteiger partial charge on any atom is -0.490 e. The molecular weight excluding hydrogens is 529 g/mol. The van der Waals surface area contributed by atoms with Gasteiger partial charge in [0, 0.05) is 58.9 Å². The lowest BCUT2D eigenvalue weighted by atomic mass is 9.99. The first-order chi connectivity index (χ1) is 19.0. The van der Waals surface area contributed by atoms with Crippen molar-refractivity contribution in [2.24, 2.45) is 0 Å². The van der Waals surface area contributed by atoms with Crippen molar-refractivity contribution in [2.75, 3.05) is 6.54 Å². The number of fused-ring (bicyclic) bond motifs is 3. The van der Waals surface area contributed by atoms with Gasteiger partial charge in [-0.05, 0) is 74.1 Å². The van der Waals surface area contributed by atoms with Gasteiger partial charge in [-0.3, -0.25) is 9.69 Å². The van der Waals surface area contributed by atoms with Crippen LogP contribution in [-0.4, -0.2) is 40.1 Å². The summed E-state index contributed by atoms with van der Waals surface area (Å²) in [6.07, 6.45) is 7.94. The van der Waals surface area contributed by atoms with Crippen LogP contribution in [0, 0.1) is 0 Å². The number of amides is 1. The standard InChI is InChI=1S/C32H33Cl2N3O2/c33-23-10-14-26(15-11-23)39-27-18-24-12-13-25(19-27)37(24)17-5-16-36-21-29(28-7-2-4-9-31(28)36)32(38)35-20-22-6-1-3-8-30(22)34/h1-4,6-11,14-15,21,24-25,27H,5,12-13,16-20H2,(H,35,38).